The Labute approximate surface area is 123 Å². The van der Waals surface area contributed by atoms with Crippen LogP contribution in [0.4, 0.5) is 0 Å². The van der Waals surface area contributed by atoms with Crippen LogP contribution in [0, 0.1) is 5.92 Å². The SMILES string of the molecule is CC(C)C(CCO)NC(=O)c1ccccc1-n1cnnn1. The molecule has 1 amide bonds. The molecular formula is C14H19N5O2. The summed E-state index contributed by atoms with van der Waals surface area (Å²) in [4.78, 5) is 12.5. The van der Waals surface area contributed by atoms with Gasteiger partial charge in [-0.25, -0.2) is 0 Å². The highest BCUT2D eigenvalue weighted by atomic mass is 16.3. The van der Waals surface area contributed by atoms with Crippen LogP contribution >= 0.6 is 0 Å². The van der Waals surface area contributed by atoms with E-state index in [1.165, 1.54) is 11.0 Å². The lowest BCUT2D eigenvalue weighted by Crippen LogP contribution is -2.39. The first kappa shape index (κ1) is 15.1. The van der Waals surface area contributed by atoms with Crippen molar-refractivity contribution in [2.24, 2.45) is 5.92 Å². The minimum absolute atomic E-state index is 0.0395. The summed E-state index contributed by atoms with van der Waals surface area (Å²) in [6, 6.07) is 7.04. The third kappa shape index (κ3) is 3.63. The molecule has 1 unspecified atom stereocenters. The van der Waals surface area contributed by atoms with E-state index < -0.39 is 0 Å². The predicted molar refractivity (Wildman–Crippen MR) is 76.9 cm³/mol. The van der Waals surface area contributed by atoms with Crippen LogP contribution in [0.5, 0.6) is 0 Å². The number of carbonyl (C=O) groups is 1. The van der Waals surface area contributed by atoms with Gasteiger partial charge >= 0.3 is 0 Å². The molecule has 0 radical (unpaired) electrons. The minimum Gasteiger partial charge on any atom is -0.396 e. The lowest BCUT2D eigenvalue weighted by Gasteiger charge is -2.22. The van der Waals surface area contributed by atoms with E-state index in [1.807, 2.05) is 19.9 Å². The van der Waals surface area contributed by atoms with E-state index in [0.717, 1.165) is 0 Å². The average Bonchev–Trinajstić information content (AvgIpc) is 3.00. The summed E-state index contributed by atoms with van der Waals surface area (Å²) in [6.45, 7) is 4.06. The Morgan fingerprint density at radius 3 is 2.76 bits per heavy atom. The maximum atomic E-state index is 12.5. The zero-order valence-electron chi connectivity index (χ0n) is 12.1. The highest BCUT2D eigenvalue weighted by molar-refractivity contribution is 5.97. The monoisotopic (exact) mass is 289 g/mol. The number of aliphatic hydroxyl groups is 1. The Kier molecular flexibility index (Phi) is 4.99. The van der Waals surface area contributed by atoms with Crippen LogP contribution in [0.15, 0.2) is 30.6 Å². The summed E-state index contributed by atoms with van der Waals surface area (Å²) >= 11 is 0. The normalized spacial score (nSPS) is 12.4. The van der Waals surface area contributed by atoms with Crippen molar-refractivity contribution in [2.75, 3.05) is 6.61 Å². The van der Waals surface area contributed by atoms with Crippen LogP contribution in [-0.4, -0.2) is 43.9 Å². The van der Waals surface area contributed by atoms with E-state index in [0.29, 0.717) is 17.7 Å². The largest absolute Gasteiger partial charge is 0.396 e. The molecule has 1 heterocycles. The first-order chi connectivity index (χ1) is 10.1. The fraction of sp³-hybridized carbons (Fsp3) is 0.429. The molecule has 1 aromatic carbocycles. The number of tetrazole rings is 1. The molecule has 0 bridgehead atoms. The smallest absolute Gasteiger partial charge is 0.253 e. The zero-order chi connectivity index (χ0) is 15.2. The third-order valence-electron chi connectivity index (χ3n) is 3.31. The molecule has 7 heteroatoms. The number of rotatable bonds is 6. The van der Waals surface area contributed by atoms with Crippen LogP contribution < -0.4 is 5.32 Å². The molecule has 7 nitrogen and oxygen atoms in total. The lowest BCUT2D eigenvalue weighted by molar-refractivity contribution is 0.0916. The van der Waals surface area contributed by atoms with Crippen molar-refractivity contribution in [3.05, 3.63) is 36.2 Å². The molecule has 0 saturated carbocycles. The van der Waals surface area contributed by atoms with Crippen molar-refractivity contribution in [3.8, 4) is 5.69 Å². The summed E-state index contributed by atoms with van der Waals surface area (Å²) in [5.74, 6) is 0.0366. The molecule has 0 saturated heterocycles. The Bertz CT molecular complexity index is 583. The maximum Gasteiger partial charge on any atom is 0.253 e. The Morgan fingerprint density at radius 1 is 1.38 bits per heavy atom. The first-order valence-corrected chi connectivity index (χ1v) is 6.87. The Balaban J connectivity index is 2.23. The lowest BCUT2D eigenvalue weighted by atomic mass is 10.0. The van der Waals surface area contributed by atoms with Gasteiger partial charge in [0.05, 0.1) is 11.3 Å². The molecule has 21 heavy (non-hydrogen) atoms. The number of nitrogens with one attached hydrogen (secondary N) is 1. The molecule has 112 valence electrons. The van der Waals surface area contributed by atoms with Gasteiger partial charge in [-0.15, -0.1) is 5.10 Å². The number of aliphatic hydroxyl groups excluding tert-OH is 1. The van der Waals surface area contributed by atoms with Crippen LogP contribution in [0.3, 0.4) is 0 Å². The molecule has 0 aliphatic carbocycles. The van der Waals surface area contributed by atoms with Crippen molar-refractivity contribution in [1.29, 1.82) is 0 Å². The van der Waals surface area contributed by atoms with Crippen molar-refractivity contribution >= 4 is 5.91 Å². The molecule has 0 aliphatic rings. The Hall–Kier alpha value is -2.28. The standard InChI is InChI=1S/C14H19N5O2/c1-10(2)12(7-8-20)16-14(21)11-5-3-4-6-13(11)19-9-15-17-18-19/h3-6,9-10,12,20H,7-8H2,1-2H3,(H,16,21). The van der Waals surface area contributed by atoms with Crippen molar-refractivity contribution in [3.63, 3.8) is 0 Å². The summed E-state index contributed by atoms with van der Waals surface area (Å²) in [7, 11) is 0. The highest BCUT2D eigenvalue weighted by Crippen LogP contribution is 2.14. The van der Waals surface area contributed by atoms with Crippen molar-refractivity contribution in [1.82, 2.24) is 25.5 Å². The summed E-state index contributed by atoms with van der Waals surface area (Å²) in [5.41, 5.74) is 1.11. The van der Waals surface area contributed by atoms with Crippen LogP contribution in [0.2, 0.25) is 0 Å². The molecule has 2 N–H and O–H groups in total. The second-order valence-electron chi connectivity index (χ2n) is 5.11. The van der Waals surface area contributed by atoms with Gasteiger partial charge in [0.2, 0.25) is 0 Å². The summed E-state index contributed by atoms with van der Waals surface area (Å²) < 4.78 is 1.45. The van der Waals surface area contributed by atoms with Gasteiger partial charge in [-0.1, -0.05) is 26.0 Å². The van der Waals surface area contributed by atoms with Gasteiger partial charge in [0.25, 0.3) is 5.91 Å². The van der Waals surface area contributed by atoms with E-state index in [4.69, 9.17) is 5.11 Å². The molecule has 0 aliphatic heterocycles. The van der Waals surface area contributed by atoms with Crippen LogP contribution in [0.1, 0.15) is 30.6 Å². The van der Waals surface area contributed by atoms with E-state index in [2.05, 4.69) is 20.8 Å². The molecule has 2 aromatic rings. The van der Waals surface area contributed by atoms with Gasteiger partial charge in [-0.2, -0.15) is 4.68 Å². The number of hydrogen-bond acceptors (Lipinski definition) is 5. The van der Waals surface area contributed by atoms with E-state index >= 15 is 0 Å². The maximum absolute atomic E-state index is 12.5. The number of aromatic nitrogens is 4. The number of hydrogen-bond donors (Lipinski definition) is 2. The molecule has 0 fully saturated rings. The van der Waals surface area contributed by atoms with E-state index in [-0.39, 0.29) is 24.5 Å². The number of carbonyl (C=O) groups excluding carboxylic acids is 1. The van der Waals surface area contributed by atoms with Gasteiger partial charge < -0.3 is 10.4 Å². The van der Waals surface area contributed by atoms with E-state index in [1.54, 1.807) is 18.2 Å². The van der Waals surface area contributed by atoms with Crippen molar-refractivity contribution in [2.45, 2.75) is 26.3 Å². The third-order valence-corrected chi connectivity index (χ3v) is 3.31. The summed E-state index contributed by atoms with van der Waals surface area (Å²) in [6.07, 6.45) is 1.97. The molecule has 1 aromatic heterocycles. The topological polar surface area (TPSA) is 92.9 Å². The second-order valence-corrected chi connectivity index (χ2v) is 5.11. The molecule has 1 atom stereocenters. The second kappa shape index (κ2) is 6.94. The fourth-order valence-corrected chi connectivity index (χ4v) is 2.09. The van der Waals surface area contributed by atoms with Gasteiger partial charge in [0.1, 0.15) is 6.33 Å². The average molecular weight is 289 g/mol. The van der Waals surface area contributed by atoms with Gasteiger partial charge in [-0.3, -0.25) is 4.79 Å². The van der Waals surface area contributed by atoms with Gasteiger partial charge in [0.15, 0.2) is 0 Å². The van der Waals surface area contributed by atoms with Crippen LogP contribution in [-0.2, 0) is 0 Å². The predicted octanol–water partition coefficient (Wildman–Crippen LogP) is 0.799. The number of amides is 1. The molecular weight excluding hydrogens is 270 g/mol. The van der Waals surface area contributed by atoms with Gasteiger partial charge in [-0.05, 0) is 34.9 Å². The highest BCUT2D eigenvalue weighted by Gasteiger charge is 2.19. The van der Waals surface area contributed by atoms with E-state index in [9.17, 15) is 4.79 Å². The minimum atomic E-state index is -0.201. The quantitative estimate of drug-likeness (QED) is 0.820. The number of para-hydroxylation sites is 1. The fourth-order valence-electron chi connectivity index (χ4n) is 2.09. The number of benzene rings is 1. The number of nitrogens with zero attached hydrogens (tertiary/aromatic N) is 4. The first-order valence-electron chi connectivity index (χ1n) is 6.87. The van der Waals surface area contributed by atoms with Crippen LogP contribution in [0.25, 0.3) is 5.69 Å². The molecule has 2 rings (SSSR count). The van der Waals surface area contributed by atoms with Gasteiger partial charge in [0, 0.05) is 12.6 Å². The summed E-state index contributed by atoms with van der Waals surface area (Å²) in [5, 5.41) is 23.0. The molecule has 0 spiro atoms. The van der Waals surface area contributed by atoms with Crippen molar-refractivity contribution < 1.29 is 9.90 Å². The Morgan fingerprint density at radius 2 is 2.14 bits per heavy atom. The zero-order valence-corrected chi connectivity index (χ0v) is 12.1.